The fourth-order valence-corrected chi connectivity index (χ4v) is 0. The van der Waals surface area contributed by atoms with Gasteiger partial charge < -0.3 is 25.3 Å². The summed E-state index contributed by atoms with van der Waals surface area (Å²) in [7, 11) is 0. The van der Waals surface area contributed by atoms with Crippen LogP contribution in [0.3, 0.4) is 0 Å². The molecule has 112 valence electrons. The maximum atomic E-state index is 7.25. The van der Waals surface area contributed by atoms with E-state index < -0.39 is 0 Å². The Morgan fingerprint density at radius 2 is 0.667 bits per heavy atom. The Morgan fingerprint density at radius 1 is 0.611 bits per heavy atom. The van der Waals surface area contributed by atoms with E-state index in [-0.39, 0.29) is 34.1 Å². The summed E-state index contributed by atoms with van der Waals surface area (Å²) < 4.78 is 0. The fraction of sp³-hybridized carbons (Fsp3) is 1.00. The first-order valence-corrected chi connectivity index (χ1v) is 4.88. The minimum Gasteiger partial charge on any atom is -0.793 e. The van der Waals surface area contributed by atoms with Crippen LogP contribution in [0.4, 0.5) is 0 Å². The molecule has 0 N–H and O–H groups in total. The Morgan fingerprint density at radius 3 is 0.667 bits per heavy atom. The fourth-order valence-electron chi connectivity index (χ4n) is 0. The van der Waals surface area contributed by atoms with E-state index in [1.165, 1.54) is 0 Å². The van der Waals surface area contributed by atoms with Crippen LogP contribution >= 0.6 is 0 Å². The number of nitrogens with zero attached hydrogens (tertiary/aromatic N) is 4. The van der Waals surface area contributed by atoms with Crippen LogP contribution in [0.25, 0.3) is 0 Å². The second kappa shape index (κ2) is 261. The summed E-state index contributed by atoms with van der Waals surface area (Å²) in [4.78, 5) is 29.0. The van der Waals surface area contributed by atoms with Crippen molar-refractivity contribution >= 4 is 25.3 Å². The third kappa shape index (κ3) is 808. The van der Waals surface area contributed by atoms with E-state index in [4.69, 9.17) is 42.0 Å². The van der Waals surface area contributed by atoms with Gasteiger partial charge in [-0.3, -0.25) is 0 Å². The predicted molar refractivity (Wildman–Crippen MR) is 67.1 cm³/mol. The largest absolute Gasteiger partial charge is 0.793 e. The van der Waals surface area contributed by atoms with Crippen molar-refractivity contribution in [2.45, 2.75) is 26.7 Å². The molecule has 0 heterocycles. The van der Waals surface area contributed by atoms with E-state index in [1.807, 2.05) is 0 Å². The third-order valence-electron chi connectivity index (χ3n) is 0.408. The molecule has 12 heteroatoms. The molecule has 0 bridgehead atoms. The zero-order chi connectivity index (χ0) is 14.8. The molecule has 18 heavy (non-hydrogen) atoms. The summed E-state index contributed by atoms with van der Waals surface area (Å²) in [5.74, 6) is 1.81. The topological polar surface area (TPSA) is 157 Å². The predicted octanol–water partition coefficient (Wildman–Crippen LogP) is 0.0932. The molecule has 0 saturated carbocycles. The minimum atomic E-state index is 0. The van der Waals surface area contributed by atoms with Crippen LogP contribution in [-0.2, 0) is 59.4 Å². The first-order valence-electron chi connectivity index (χ1n) is 3.72. The molecular weight excluding hydrogens is 368 g/mol. The Balaban J connectivity index is -0.0000000113. The molecule has 0 amide bonds. The average Bonchev–Trinajstić information content (AvgIpc) is 2.47. The number of rotatable bonds is 2. The molecule has 0 unspecified atom stereocenters. The second-order valence-corrected chi connectivity index (χ2v) is 2.22. The quantitative estimate of drug-likeness (QED) is 0.487. The smallest absolute Gasteiger partial charge is 0.120 e. The van der Waals surface area contributed by atoms with Gasteiger partial charge in [-0.2, -0.15) is 11.5 Å². The van der Waals surface area contributed by atoms with Crippen LogP contribution in [-0.4, -0.2) is 11.5 Å². The summed E-state index contributed by atoms with van der Waals surface area (Å²) in [6.45, 7) is 4.15. The van der Waals surface area contributed by atoms with Gasteiger partial charge in [-0.25, -0.2) is 0 Å². The maximum Gasteiger partial charge on any atom is 0.120 e. The number of hydrogen-bond acceptors (Lipinski definition) is 6. The van der Waals surface area contributed by atoms with Crippen molar-refractivity contribution in [3.63, 3.8) is 0 Å². The molecule has 0 atom stereocenters. The average molecular weight is 382 g/mol. The minimum absolute atomic E-state index is 0. The van der Waals surface area contributed by atoms with Crippen molar-refractivity contribution in [3.05, 3.63) is 19.6 Å². The van der Waals surface area contributed by atoms with Gasteiger partial charge in [0.05, 0.1) is 0 Å². The van der Waals surface area contributed by atoms with E-state index >= 15 is 0 Å². The maximum absolute atomic E-state index is 7.25. The molecule has 8 nitrogen and oxygen atoms in total. The van der Waals surface area contributed by atoms with Crippen molar-refractivity contribution < 1.29 is 34.1 Å². The first kappa shape index (κ1) is 51.8. The van der Waals surface area contributed by atoms with Crippen molar-refractivity contribution in [2.24, 2.45) is 0 Å². The van der Waals surface area contributed by atoms with Crippen molar-refractivity contribution in [1.29, 1.82) is 0 Å². The SMILES string of the molecule is CCC[S-].CCC[S-].[Fe].[Fe].[N]=O.[N]=O.[N]=O.[N]=O. The van der Waals surface area contributed by atoms with Crippen LogP contribution in [0, 0.1) is 19.6 Å². The standard InChI is InChI=1S/2C3H8S.2Fe.4NO/c2*1-2-3-4;;;4*1-2/h2*4H,2-3H2,1H3;;;;;;/p-2. The van der Waals surface area contributed by atoms with E-state index in [2.05, 4.69) is 39.1 Å². The van der Waals surface area contributed by atoms with Gasteiger partial charge in [-0.15, -0.1) is 19.6 Å². The Kier molecular flexibility index (Phi) is 750. The van der Waals surface area contributed by atoms with Crippen LogP contribution < -0.4 is 22.4 Å². The zero-order valence-electron chi connectivity index (χ0n) is 9.77. The molecule has 0 fully saturated rings. The van der Waals surface area contributed by atoms with Crippen LogP contribution in [0.5, 0.6) is 0 Å². The molecule has 4 radical (unpaired) electrons. The van der Waals surface area contributed by atoms with Crippen molar-refractivity contribution in [3.8, 4) is 0 Å². The van der Waals surface area contributed by atoms with Crippen LogP contribution in [0.1, 0.15) is 26.7 Å². The van der Waals surface area contributed by atoms with Crippen LogP contribution in [0.15, 0.2) is 0 Å². The summed E-state index contributed by atoms with van der Waals surface area (Å²) >= 11 is 9.11. The number of hydrogen-bond donors (Lipinski definition) is 0. The summed E-state index contributed by atoms with van der Waals surface area (Å²) in [5.41, 5.74) is 23.0. The summed E-state index contributed by atoms with van der Waals surface area (Å²) in [6.07, 6.45) is 2.27. The van der Waals surface area contributed by atoms with Gasteiger partial charge >= 0.3 is 0 Å². The van der Waals surface area contributed by atoms with Gasteiger partial charge in [0.15, 0.2) is 0 Å². The molecule has 0 spiro atoms. The summed E-state index contributed by atoms with van der Waals surface area (Å²) in [5, 5.41) is 0. The van der Waals surface area contributed by atoms with Gasteiger partial charge in [-0.05, 0) is 0 Å². The van der Waals surface area contributed by atoms with E-state index in [0.29, 0.717) is 0 Å². The Labute approximate surface area is 139 Å². The molecule has 0 aromatic heterocycles. The van der Waals surface area contributed by atoms with E-state index in [0.717, 1.165) is 24.3 Å². The molecule has 0 rings (SSSR count). The molecule has 0 aliphatic heterocycles. The monoisotopic (exact) mass is 382 g/mol. The molecule has 0 aromatic rings. The Hall–Kier alpha value is 0.139. The molecule has 0 saturated heterocycles. The second-order valence-electron chi connectivity index (χ2n) is 1.41. The van der Waals surface area contributed by atoms with Gasteiger partial charge in [-0.1, -0.05) is 26.7 Å². The normalized spacial score (nSPS) is 4.22. The van der Waals surface area contributed by atoms with Crippen molar-refractivity contribution in [1.82, 2.24) is 22.4 Å². The number of nitroso groups, excluding NO2 is 4. The van der Waals surface area contributed by atoms with E-state index in [9.17, 15) is 0 Å². The zero-order valence-corrected chi connectivity index (χ0v) is 13.6. The van der Waals surface area contributed by atoms with Gasteiger partial charge in [0.2, 0.25) is 0 Å². The van der Waals surface area contributed by atoms with Crippen LogP contribution in [0.2, 0.25) is 0 Å². The Bertz CT molecular complexity index is 71.5. The summed E-state index contributed by atoms with van der Waals surface area (Å²) in [6, 6.07) is 0. The van der Waals surface area contributed by atoms with Gasteiger partial charge in [0.25, 0.3) is 0 Å². The molecular formula is C6H14Fe2N4O4S2-2. The van der Waals surface area contributed by atoms with Gasteiger partial charge in [0.1, 0.15) is 22.4 Å². The molecule has 0 aliphatic carbocycles. The van der Waals surface area contributed by atoms with Gasteiger partial charge in [0, 0.05) is 34.1 Å². The third-order valence-corrected chi connectivity index (χ3v) is 1.22. The van der Waals surface area contributed by atoms with Crippen molar-refractivity contribution in [2.75, 3.05) is 11.5 Å². The first-order chi connectivity index (χ1) is 7.83. The van der Waals surface area contributed by atoms with E-state index in [1.54, 1.807) is 0 Å². The molecule has 0 aliphatic rings. The molecule has 0 aromatic carbocycles.